The van der Waals surface area contributed by atoms with E-state index < -0.39 is 0 Å². The first kappa shape index (κ1) is 21.4. The molecule has 5 nitrogen and oxygen atoms in total. The van der Waals surface area contributed by atoms with Crippen LogP contribution in [0.2, 0.25) is 0 Å². The molecule has 31 heavy (non-hydrogen) atoms. The van der Waals surface area contributed by atoms with Crippen LogP contribution >= 0.6 is 11.8 Å². The zero-order valence-electron chi connectivity index (χ0n) is 18.7. The van der Waals surface area contributed by atoms with Gasteiger partial charge in [-0.15, -0.1) is 0 Å². The van der Waals surface area contributed by atoms with Crippen LogP contribution in [0.25, 0.3) is 21.9 Å². The number of ketones is 1. The van der Waals surface area contributed by atoms with Gasteiger partial charge >= 0.3 is 5.69 Å². The highest BCUT2D eigenvalue weighted by Crippen LogP contribution is 2.27. The third-order valence-electron chi connectivity index (χ3n) is 5.76. The Morgan fingerprint density at radius 2 is 1.65 bits per heavy atom. The van der Waals surface area contributed by atoms with E-state index in [-0.39, 0.29) is 11.5 Å². The highest BCUT2D eigenvalue weighted by Gasteiger charge is 2.15. The van der Waals surface area contributed by atoms with Crippen molar-refractivity contribution in [1.29, 1.82) is 0 Å². The van der Waals surface area contributed by atoms with Crippen LogP contribution in [0.15, 0.2) is 46.2 Å². The lowest BCUT2D eigenvalue weighted by atomic mass is 10.0. The predicted octanol–water partition coefficient (Wildman–Crippen LogP) is 5.29. The molecule has 0 aliphatic carbocycles. The predicted molar refractivity (Wildman–Crippen MR) is 129 cm³/mol. The average molecular weight is 434 g/mol. The van der Waals surface area contributed by atoms with E-state index in [1.54, 1.807) is 9.13 Å². The summed E-state index contributed by atoms with van der Waals surface area (Å²) in [5.74, 6) is 0.338. The molecule has 0 atom stereocenters. The number of fused-ring (bicyclic) bond motifs is 2. The first-order valence-corrected chi connectivity index (χ1v) is 11.6. The molecule has 160 valence electrons. The van der Waals surface area contributed by atoms with Crippen molar-refractivity contribution < 1.29 is 4.79 Å². The molecule has 0 saturated heterocycles. The number of benzene rings is 2. The molecule has 0 unspecified atom stereocenters. The van der Waals surface area contributed by atoms with E-state index in [0.29, 0.717) is 24.4 Å². The molecule has 2 aromatic heterocycles. The maximum atomic E-state index is 12.9. The fourth-order valence-electron chi connectivity index (χ4n) is 4.22. The number of nitrogens with zero attached hydrogens (tertiary/aromatic N) is 3. The Morgan fingerprint density at radius 1 is 0.935 bits per heavy atom. The fourth-order valence-corrected chi connectivity index (χ4v) is 5.08. The summed E-state index contributed by atoms with van der Waals surface area (Å²) >= 11 is 1.46. The molecule has 0 aliphatic rings. The van der Waals surface area contributed by atoms with Crippen LogP contribution in [-0.4, -0.2) is 25.7 Å². The summed E-state index contributed by atoms with van der Waals surface area (Å²) in [4.78, 5) is 30.3. The van der Waals surface area contributed by atoms with E-state index >= 15 is 0 Å². The number of rotatable bonds is 6. The Hall–Kier alpha value is -2.86. The molecule has 0 amide bonds. The molecule has 0 radical (unpaired) electrons. The summed E-state index contributed by atoms with van der Waals surface area (Å²) in [5, 5.41) is 2.02. The van der Waals surface area contributed by atoms with Gasteiger partial charge in [-0.3, -0.25) is 13.9 Å². The van der Waals surface area contributed by atoms with E-state index in [2.05, 4.69) is 39.0 Å². The number of hydrogen-bond acceptors (Lipinski definition) is 4. The zero-order chi connectivity index (χ0) is 22.3. The normalized spacial score (nSPS) is 11.5. The van der Waals surface area contributed by atoms with Gasteiger partial charge in [-0.25, -0.2) is 9.78 Å². The number of carbonyl (C=O) groups excluding carboxylic acids is 1. The first-order chi connectivity index (χ1) is 14.8. The van der Waals surface area contributed by atoms with Crippen molar-refractivity contribution in [2.45, 2.75) is 52.7 Å². The molecular formula is C25H27N3O2S. The van der Waals surface area contributed by atoms with Crippen LogP contribution in [0.3, 0.4) is 0 Å². The molecule has 0 N–H and O–H groups in total. The van der Waals surface area contributed by atoms with Crippen LogP contribution < -0.4 is 5.69 Å². The average Bonchev–Trinajstić information content (AvgIpc) is 3.02. The standard InChI is InChI=1S/C25H27N3O2S/c1-6-27-20-9-8-18(13-21(20)28(7-2)25(27)30)22(29)14-31-23-12-16(4)19-11-15(3)10-17(5)24(19)26-23/h8-13H,6-7,14H2,1-5H3. The van der Waals surface area contributed by atoms with Gasteiger partial charge in [-0.2, -0.15) is 0 Å². The second-order valence-corrected chi connectivity index (χ2v) is 8.94. The summed E-state index contributed by atoms with van der Waals surface area (Å²) in [6, 6.07) is 11.9. The highest BCUT2D eigenvalue weighted by molar-refractivity contribution is 7.99. The van der Waals surface area contributed by atoms with Crippen molar-refractivity contribution >= 4 is 39.5 Å². The number of imidazole rings is 1. The Morgan fingerprint density at radius 3 is 2.35 bits per heavy atom. The smallest absolute Gasteiger partial charge is 0.293 e. The van der Waals surface area contributed by atoms with E-state index in [9.17, 15) is 9.59 Å². The number of Topliss-reactive ketones (excluding diaryl/α,β-unsaturated/α-hetero) is 1. The Bertz CT molecular complexity index is 1380. The molecule has 0 saturated carbocycles. The van der Waals surface area contributed by atoms with Gasteiger partial charge in [0, 0.05) is 24.0 Å². The largest absolute Gasteiger partial charge is 0.329 e. The summed E-state index contributed by atoms with van der Waals surface area (Å²) in [6.07, 6.45) is 0. The molecule has 0 fully saturated rings. The Balaban J connectivity index is 1.62. The molecule has 2 heterocycles. The number of aromatic nitrogens is 3. The second-order valence-electron chi connectivity index (χ2n) is 7.94. The number of carbonyl (C=O) groups is 1. The van der Waals surface area contributed by atoms with Gasteiger partial charge in [0.25, 0.3) is 0 Å². The summed E-state index contributed by atoms with van der Waals surface area (Å²) in [6.45, 7) is 11.3. The zero-order valence-corrected chi connectivity index (χ0v) is 19.5. The lowest BCUT2D eigenvalue weighted by molar-refractivity contribution is 0.102. The van der Waals surface area contributed by atoms with E-state index in [1.165, 1.54) is 22.9 Å². The summed E-state index contributed by atoms with van der Waals surface area (Å²) < 4.78 is 3.47. The van der Waals surface area contributed by atoms with Gasteiger partial charge in [0.15, 0.2) is 5.78 Å². The van der Waals surface area contributed by atoms with Crippen LogP contribution in [0.1, 0.15) is 40.9 Å². The molecular weight excluding hydrogens is 406 g/mol. The summed E-state index contributed by atoms with van der Waals surface area (Å²) in [7, 11) is 0. The molecule has 6 heteroatoms. The molecule has 0 bridgehead atoms. The minimum absolute atomic E-state index is 0.0274. The Kier molecular flexibility index (Phi) is 5.75. The number of hydrogen-bond donors (Lipinski definition) is 0. The van der Waals surface area contributed by atoms with Crippen LogP contribution in [0, 0.1) is 20.8 Å². The minimum atomic E-state index is -0.0274. The van der Waals surface area contributed by atoms with Gasteiger partial charge in [-0.05, 0) is 76.1 Å². The van der Waals surface area contributed by atoms with Crippen molar-refractivity contribution in [3.8, 4) is 0 Å². The molecule has 0 aliphatic heterocycles. The van der Waals surface area contributed by atoms with Gasteiger partial charge in [-0.1, -0.05) is 23.4 Å². The third kappa shape index (κ3) is 3.81. The van der Waals surface area contributed by atoms with Crippen molar-refractivity contribution in [2.75, 3.05) is 5.75 Å². The number of thioether (sulfide) groups is 1. The first-order valence-electron chi connectivity index (χ1n) is 10.6. The lowest BCUT2D eigenvalue weighted by Crippen LogP contribution is -2.23. The molecule has 4 aromatic rings. The van der Waals surface area contributed by atoms with E-state index in [1.807, 2.05) is 32.0 Å². The van der Waals surface area contributed by atoms with Crippen molar-refractivity contribution in [3.05, 3.63) is 69.1 Å². The number of aryl methyl sites for hydroxylation is 5. The number of pyridine rings is 1. The Labute approximate surface area is 186 Å². The maximum Gasteiger partial charge on any atom is 0.329 e. The highest BCUT2D eigenvalue weighted by atomic mass is 32.2. The maximum absolute atomic E-state index is 12.9. The van der Waals surface area contributed by atoms with Crippen molar-refractivity contribution in [1.82, 2.24) is 14.1 Å². The quantitative estimate of drug-likeness (QED) is 0.306. The van der Waals surface area contributed by atoms with Gasteiger partial charge in [0.05, 0.1) is 27.3 Å². The van der Waals surface area contributed by atoms with E-state index in [0.717, 1.165) is 32.5 Å². The molecule has 0 spiro atoms. The monoisotopic (exact) mass is 433 g/mol. The van der Waals surface area contributed by atoms with Crippen molar-refractivity contribution in [3.63, 3.8) is 0 Å². The fraction of sp³-hybridized carbons (Fsp3) is 0.320. The molecule has 2 aromatic carbocycles. The van der Waals surface area contributed by atoms with Crippen molar-refractivity contribution in [2.24, 2.45) is 0 Å². The minimum Gasteiger partial charge on any atom is -0.293 e. The topological polar surface area (TPSA) is 56.9 Å². The van der Waals surface area contributed by atoms with Crippen LogP contribution in [-0.2, 0) is 13.1 Å². The van der Waals surface area contributed by atoms with Crippen LogP contribution in [0.5, 0.6) is 0 Å². The van der Waals surface area contributed by atoms with Crippen LogP contribution in [0.4, 0.5) is 0 Å². The van der Waals surface area contributed by atoms with Gasteiger partial charge < -0.3 is 0 Å². The van der Waals surface area contributed by atoms with Gasteiger partial charge in [0.1, 0.15) is 0 Å². The van der Waals surface area contributed by atoms with E-state index in [4.69, 9.17) is 4.98 Å². The summed E-state index contributed by atoms with van der Waals surface area (Å²) in [5.41, 5.74) is 6.82. The lowest BCUT2D eigenvalue weighted by Gasteiger charge is -2.10. The third-order valence-corrected chi connectivity index (χ3v) is 6.67. The second kappa shape index (κ2) is 8.35. The van der Waals surface area contributed by atoms with Gasteiger partial charge in [0.2, 0.25) is 0 Å². The molecule has 4 rings (SSSR count). The SMILES string of the molecule is CCn1c(=O)n(CC)c2cc(C(=O)CSc3cc(C)c4cc(C)cc(C)c4n3)ccc21.